The van der Waals surface area contributed by atoms with Crippen molar-refractivity contribution >= 4 is 29.0 Å². The summed E-state index contributed by atoms with van der Waals surface area (Å²) in [6.07, 6.45) is 6.60. The number of rotatable bonds is 2. The van der Waals surface area contributed by atoms with Gasteiger partial charge in [0.25, 0.3) is 0 Å². The van der Waals surface area contributed by atoms with E-state index in [4.69, 9.17) is 16.3 Å². The fourth-order valence-electron chi connectivity index (χ4n) is 2.11. The summed E-state index contributed by atoms with van der Waals surface area (Å²) >= 11 is 6.81. The zero-order chi connectivity index (χ0) is 12.3. The van der Waals surface area contributed by atoms with E-state index in [-0.39, 0.29) is 5.54 Å². The van der Waals surface area contributed by atoms with Gasteiger partial charge in [0.2, 0.25) is 5.06 Å². The molecule has 1 fully saturated rings. The number of halogens is 1. The lowest BCUT2D eigenvalue weighted by Gasteiger charge is -2.33. The first-order valence-electron chi connectivity index (χ1n) is 5.69. The van der Waals surface area contributed by atoms with Gasteiger partial charge in [0.1, 0.15) is 0 Å². The predicted molar refractivity (Wildman–Crippen MR) is 67.8 cm³/mol. The number of ether oxygens (including phenoxy) is 1. The molecule has 1 N–H and O–H groups in total. The van der Waals surface area contributed by atoms with E-state index in [1.54, 1.807) is 0 Å². The van der Waals surface area contributed by atoms with E-state index in [0.29, 0.717) is 9.53 Å². The fraction of sp³-hybridized carbons (Fsp3) is 0.636. The van der Waals surface area contributed by atoms with Crippen molar-refractivity contribution in [2.24, 2.45) is 0 Å². The summed E-state index contributed by atoms with van der Waals surface area (Å²) in [5.74, 6) is 0. The van der Waals surface area contributed by atoms with Crippen LogP contribution in [-0.4, -0.2) is 16.6 Å². The molecule has 1 aliphatic carbocycles. The van der Waals surface area contributed by atoms with Crippen LogP contribution in [0.5, 0.6) is 5.06 Å². The van der Waals surface area contributed by atoms with Crippen molar-refractivity contribution in [2.45, 2.75) is 44.6 Å². The molecule has 1 heterocycles. The second-order valence-electron chi connectivity index (χ2n) is 4.57. The Labute approximate surface area is 109 Å². The van der Waals surface area contributed by atoms with Gasteiger partial charge in [0.05, 0.1) is 6.20 Å². The smallest absolute Gasteiger partial charge is 0.397 e. The highest BCUT2D eigenvalue weighted by atomic mass is 35.5. The Morgan fingerprint density at radius 3 is 2.82 bits per heavy atom. The zero-order valence-corrected chi connectivity index (χ0v) is 11.2. The number of aromatic nitrogens is 1. The topological polar surface area (TPSA) is 51.2 Å². The molecular formula is C11H15ClN2O2S. The van der Waals surface area contributed by atoms with Crippen LogP contribution in [0.4, 0.5) is 4.79 Å². The van der Waals surface area contributed by atoms with Gasteiger partial charge in [-0.1, -0.05) is 42.2 Å². The predicted octanol–water partition coefficient (Wildman–Crippen LogP) is 3.61. The van der Waals surface area contributed by atoms with Crippen molar-refractivity contribution < 1.29 is 9.53 Å². The number of amides is 1. The van der Waals surface area contributed by atoms with Crippen molar-refractivity contribution in [3.05, 3.63) is 10.7 Å². The molecule has 6 heteroatoms. The van der Waals surface area contributed by atoms with Gasteiger partial charge in [-0.05, 0) is 19.8 Å². The molecule has 0 unspecified atom stereocenters. The number of hydrogen-bond acceptors (Lipinski definition) is 4. The largest absolute Gasteiger partial charge is 0.413 e. The second kappa shape index (κ2) is 5.23. The lowest BCUT2D eigenvalue weighted by Crippen LogP contribution is -2.48. The lowest BCUT2D eigenvalue weighted by atomic mass is 9.83. The lowest BCUT2D eigenvalue weighted by molar-refractivity contribution is 0.175. The molecule has 2 rings (SSSR count). The minimum Gasteiger partial charge on any atom is -0.397 e. The number of thiazole rings is 1. The van der Waals surface area contributed by atoms with Crippen molar-refractivity contribution in [1.82, 2.24) is 10.3 Å². The maximum atomic E-state index is 11.7. The van der Waals surface area contributed by atoms with Crippen LogP contribution in [0.1, 0.15) is 39.0 Å². The third kappa shape index (κ3) is 3.57. The summed E-state index contributed by atoms with van der Waals surface area (Å²) in [7, 11) is 0. The molecule has 0 aromatic carbocycles. The van der Waals surface area contributed by atoms with E-state index >= 15 is 0 Å². The Morgan fingerprint density at radius 2 is 2.24 bits per heavy atom. The third-order valence-electron chi connectivity index (χ3n) is 3.01. The molecule has 1 amide bonds. The molecular weight excluding hydrogens is 260 g/mol. The minimum absolute atomic E-state index is 0.135. The van der Waals surface area contributed by atoms with E-state index in [2.05, 4.69) is 17.2 Å². The Hall–Kier alpha value is -0.810. The summed E-state index contributed by atoms with van der Waals surface area (Å²) in [5, 5.41) is 3.35. The molecule has 0 radical (unpaired) electrons. The Balaban J connectivity index is 1.88. The van der Waals surface area contributed by atoms with E-state index < -0.39 is 6.09 Å². The first-order valence-corrected chi connectivity index (χ1v) is 6.88. The van der Waals surface area contributed by atoms with Crippen molar-refractivity contribution in [1.29, 1.82) is 0 Å². The minimum atomic E-state index is -0.422. The number of carbonyl (C=O) groups is 1. The molecule has 4 nitrogen and oxygen atoms in total. The van der Waals surface area contributed by atoms with Gasteiger partial charge in [-0.25, -0.2) is 9.78 Å². The monoisotopic (exact) mass is 274 g/mol. The van der Waals surface area contributed by atoms with Gasteiger partial charge < -0.3 is 10.1 Å². The number of nitrogens with one attached hydrogen (secondary N) is 1. The van der Waals surface area contributed by atoms with Crippen LogP contribution in [0, 0.1) is 0 Å². The van der Waals surface area contributed by atoms with Gasteiger partial charge in [-0.3, -0.25) is 0 Å². The Bertz CT molecular complexity index is 402. The molecule has 1 saturated carbocycles. The quantitative estimate of drug-likeness (QED) is 0.896. The molecule has 0 aliphatic heterocycles. The van der Waals surface area contributed by atoms with E-state index in [9.17, 15) is 4.79 Å². The highest BCUT2D eigenvalue weighted by molar-refractivity contribution is 7.17. The summed E-state index contributed by atoms with van der Waals surface area (Å²) in [6, 6.07) is 0. The molecule has 0 spiro atoms. The molecule has 1 aromatic rings. The standard InChI is InChI=1S/C11H15ClN2O2S/c1-11(5-3-2-4-6-11)14-10(15)16-8-7-13-9(12)17-8/h7H,2-6H2,1H3,(H,14,15). The summed E-state index contributed by atoms with van der Waals surface area (Å²) in [6.45, 7) is 2.06. The van der Waals surface area contributed by atoms with Gasteiger partial charge in [0.15, 0.2) is 4.47 Å². The Morgan fingerprint density at radius 1 is 1.53 bits per heavy atom. The van der Waals surface area contributed by atoms with Crippen LogP contribution in [0.25, 0.3) is 0 Å². The highest BCUT2D eigenvalue weighted by Crippen LogP contribution is 2.28. The fourth-order valence-corrected chi connectivity index (χ4v) is 2.88. The van der Waals surface area contributed by atoms with Crippen molar-refractivity contribution in [3.8, 4) is 5.06 Å². The molecule has 17 heavy (non-hydrogen) atoms. The molecule has 0 bridgehead atoms. The van der Waals surface area contributed by atoms with Gasteiger partial charge in [-0.2, -0.15) is 0 Å². The van der Waals surface area contributed by atoms with Crippen LogP contribution >= 0.6 is 22.9 Å². The summed E-state index contributed by atoms with van der Waals surface area (Å²) in [4.78, 5) is 15.5. The Kier molecular flexibility index (Phi) is 3.89. The summed E-state index contributed by atoms with van der Waals surface area (Å²) < 4.78 is 5.50. The molecule has 0 atom stereocenters. The number of nitrogens with zero attached hydrogens (tertiary/aromatic N) is 1. The van der Waals surface area contributed by atoms with E-state index in [1.165, 1.54) is 12.6 Å². The van der Waals surface area contributed by atoms with Crippen LogP contribution < -0.4 is 10.1 Å². The first kappa shape index (κ1) is 12.6. The molecule has 1 aliphatic rings. The van der Waals surface area contributed by atoms with Crippen LogP contribution in [0.2, 0.25) is 4.47 Å². The summed E-state index contributed by atoms with van der Waals surface area (Å²) in [5.41, 5.74) is -0.135. The van der Waals surface area contributed by atoms with Crippen LogP contribution in [0.15, 0.2) is 6.20 Å². The van der Waals surface area contributed by atoms with Crippen molar-refractivity contribution in [3.63, 3.8) is 0 Å². The first-order chi connectivity index (χ1) is 8.07. The normalized spacial score (nSPS) is 18.7. The highest BCUT2D eigenvalue weighted by Gasteiger charge is 2.29. The molecule has 0 saturated heterocycles. The average molecular weight is 275 g/mol. The average Bonchev–Trinajstić information content (AvgIpc) is 2.63. The van der Waals surface area contributed by atoms with Crippen LogP contribution in [0.3, 0.4) is 0 Å². The van der Waals surface area contributed by atoms with Gasteiger partial charge >= 0.3 is 6.09 Å². The number of hydrogen-bond donors (Lipinski definition) is 1. The van der Waals surface area contributed by atoms with Crippen molar-refractivity contribution in [2.75, 3.05) is 0 Å². The van der Waals surface area contributed by atoms with Gasteiger partial charge in [-0.15, -0.1) is 0 Å². The van der Waals surface area contributed by atoms with Gasteiger partial charge in [0, 0.05) is 5.54 Å². The molecule has 1 aromatic heterocycles. The van der Waals surface area contributed by atoms with E-state index in [1.807, 2.05) is 0 Å². The zero-order valence-electron chi connectivity index (χ0n) is 9.66. The van der Waals surface area contributed by atoms with Crippen LogP contribution in [-0.2, 0) is 0 Å². The maximum absolute atomic E-state index is 11.7. The second-order valence-corrected chi connectivity index (χ2v) is 6.14. The molecule has 94 valence electrons. The maximum Gasteiger partial charge on any atom is 0.413 e. The number of carbonyl (C=O) groups excluding carboxylic acids is 1. The third-order valence-corrected chi connectivity index (χ3v) is 4.00. The van der Waals surface area contributed by atoms with E-state index in [0.717, 1.165) is 37.0 Å². The SMILES string of the molecule is CC1(NC(=O)Oc2cnc(Cl)s2)CCCCC1.